The average molecular weight is 183 g/mol. The van der Waals surface area contributed by atoms with E-state index in [2.05, 4.69) is 11.5 Å². The number of hydroxylamine groups is 1. The van der Waals surface area contributed by atoms with E-state index in [1.807, 2.05) is 11.3 Å². The quantitative estimate of drug-likeness (QED) is 0.688. The topological polar surface area (TPSA) is 32.3 Å². The van der Waals surface area contributed by atoms with Crippen LogP contribution in [0.5, 0.6) is 0 Å². The molecular formula is C9H13NOS. The van der Waals surface area contributed by atoms with E-state index in [1.54, 1.807) is 0 Å². The van der Waals surface area contributed by atoms with E-state index >= 15 is 0 Å². The smallest absolute Gasteiger partial charge is 0.0552 e. The first-order valence-corrected chi connectivity index (χ1v) is 5.19. The number of hydrogen-bond acceptors (Lipinski definition) is 3. The van der Waals surface area contributed by atoms with Gasteiger partial charge in [-0.05, 0) is 37.3 Å². The van der Waals surface area contributed by atoms with Gasteiger partial charge >= 0.3 is 0 Å². The van der Waals surface area contributed by atoms with Crippen LogP contribution in [0.15, 0.2) is 6.07 Å². The predicted octanol–water partition coefficient (Wildman–Crippen LogP) is 2.11. The lowest BCUT2D eigenvalue weighted by molar-refractivity contribution is 0.162. The zero-order chi connectivity index (χ0) is 8.39. The van der Waals surface area contributed by atoms with E-state index < -0.39 is 0 Å². The van der Waals surface area contributed by atoms with Crippen LogP contribution in [0.25, 0.3) is 0 Å². The van der Waals surface area contributed by atoms with Gasteiger partial charge in [0.2, 0.25) is 0 Å². The van der Waals surface area contributed by atoms with Gasteiger partial charge in [0.25, 0.3) is 0 Å². The van der Waals surface area contributed by atoms with E-state index in [9.17, 15) is 0 Å². The van der Waals surface area contributed by atoms with Crippen LogP contribution >= 0.6 is 11.3 Å². The molecule has 1 aromatic heterocycles. The van der Waals surface area contributed by atoms with Crippen molar-refractivity contribution >= 4 is 11.3 Å². The summed E-state index contributed by atoms with van der Waals surface area (Å²) < 4.78 is 0. The molecule has 66 valence electrons. The maximum atomic E-state index is 8.54. The number of fused-ring (bicyclic) bond motifs is 1. The van der Waals surface area contributed by atoms with Gasteiger partial charge in [-0.2, -0.15) is 0 Å². The van der Waals surface area contributed by atoms with Gasteiger partial charge in [0.15, 0.2) is 0 Å². The minimum absolute atomic E-state index is 0.595. The number of hydrogen-bond donors (Lipinski definition) is 2. The third kappa shape index (κ3) is 1.53. The molecule has 0 aliphatic heterocycles. The second-order valence-corrected chi connectivity index (χ2v) is 4.42. The summed E-state index contributed by atoms with van der Waals surface area (Å²) in [5, 5.41) is 8.54. The molecule has 0 unspecified atom stereocenters. The van der Waals surface area contributed by atoms with Crippen molar-refractivity contribution in [1.82, 2.24) is 5.48 Å². The molecule has 1 aliphatic rings. The zero-order valence-electron chi connectivity index (χ0n) is 6.97. The maximum Gasteiger partial charge on any atom is 0.0552 e. The highest BCUT2D eigenvalue weighted by molar-refractivity contribution is 7.12. The van der Waals surface area contributed by atoms with Crippen LogP contribution < -0.4 is 5.48 Å². The monoisotopic (exact) mass is 183 g/mol. The van der Waals surface area contributed by atoms with Crippen molar-refractivity contribution in [3.63, 3.8) is 0 Å². The molecule has 0 saturated carbocycles. The van der Waals surface area contributed by atoms with Crippen molar-refractivity contribution < 1.29 is 5.21 Å². The number of thiophene rings is 1. The Kier molecular flexibility index (Phi) is 2.44. The molecule has 2 nitrogen and oxygen atoms in total. The molecule has 0 atom stereocenters. The third-order valence-electron chi connectivity index (χ3n) is 2.30. The highest BCUT2D eigenvalue weighted by Crippen LogP contribution is 2.29. The lowest BCUT2D eigenvalue weighted by Gasteiger charge is -2.08. The Balaban J connectivity index is 2.20. The van der Waals surface area contributed by atoms with Gasteiger partial charge in [-0.15, -0.1) is 11.3 Å². The Hall–Kier alpha value is -0.380. The van der Waals surface area contributed by atoms with Crippen molar-refractivity contribution in [2.75, 3.05) is 0 Å². The minimum atomic E-state index is 0.595. The summed E-state index contributed by atoms with van der Waals surface area (Å²) in [4.78, 5) is 2.79. The van der Waals surface area contributed by atoms with Crippen LogP contribution in [0, 0.1) is 0 Å². The third-order valence-corrected chi connectivity index (χ3v) is 3.54. The van der Waals surface area contributed by atoms with E-state index in [-0.39, 0.29) is 0 Å². The molecule has 2 rings (SSSR count). The minimum Gasteiger partial charge on any atom is -0.316 e. The second kappa shape index (κ2) is 3.56. The van der Waals surface area contributed by atoms with Crippen molar-refractivity contribution in [3.05, 3.63) is 21.4 Å². The molecule has 12 heavy (non-hydrogen) atoms. The van der Waals surface area contributed by atoms with E-state index in [1.165, 1.54) is 41.0 Å². The molecular weight excluding hydrogens is 170 g/mol. The van der Waals surface area contributed by atoms with Crippen molar-refractivity contribution in [1.29, 1.82) is 0 Å². The molecule has 2 N–H and O–H groups in total. The summed E-state index contributed by atoms with van der Waals surface area (Å²) in [5.74, 6) is 0. The fraction of sp³-hybridized carbons (Fsp3) is 0.556. The molecule has 1 aromatic rings. The van der Waals surface area contributed by atoms with Crippen LogP contribution in [-0.2, 0) is 19.4 Å². The summed E-state index contributed by atoms with van der Waals surface area (Å²) >= 11 is 1.84. The van der Waals surface area contributed by atoms with Crippen molar-refractivity contribution in [3.8, 4) is 0 Å². The van der Waals surface area contributed by atoms with Crippen LogP contribution in [0.3, 0.4) is 0 Å². The summed E-state index contributed by atoms with van der Waals surface area (Å²) in [6.45, 7) is 0.595. The van der Waals surface area contributed by atoms with Gasteiger partial charge < -0.3 is 5.21 Å². The summed E-state index contributed by atoms with van der Waals surface area (Å²) in [5.41, 5.74) is 3.71. The SMILES string of the molecule is ONCc1cc2c(s1)CCCC2. The molecule has 0 fully saturated rings. The molecule has 1 heterocycles. The fourth-order valence-electron chi connectivity index (χ4n) is 1.72. The normalized spacial score (nSPS) is 16.1. The van der Waals surface area contributed by atoms with E-state index in [0.717, 1.165) is 0 Å². The maximum absolute atomic E-state index is 8.54. The van der Waals surface area contributed by atoms with Gasteiger partial charge in [0, 0.05) is 9.75 Å². The number of rotatable bonds is 2. The molecule has 0 spiro atoms. The van der Waals surface area contributed by atoms with E-state index in [4.69, 9.17) is 5.21 Å². The summed E-state index contributed by atoms with van der Waals surface area (Å²) in [7, 11) is 0. The molecule has 0 aromatic carbocycles. The second-order valence-electron chi connectivity index (χ2n) is 3.20. The highest BCUT2D eigenvalue weighted by atomic mass is 32.1. The van der Waals surface area contributed by atoms with Gasteiger partial charge in [-0.25, -0.2) is 5.48 Å². The molecule has 3 heteroatoms. The van der Waals surface area contributed by atoms with Gasteiger partial charge in [0.05, 0.1) is 6.54 Å². The van der Waals surface area contributed by atoms with Crippen molar-refractivity contribution in [2.45, 2.75) is 32.2 Å². The number of aryl methyl sites for hydroxylation is 2. The van der Waals surface area contributed by atoms with Crippen LogP contribution in [-0.4, -0.2) is 5.21 Å². The Morgan fingerprint density at radius 1 is 1.42 bits per heavy atom. The average Bonchev–Trinajstić information content (AvgIpc) is 2.47. The molecule has 0 amide bonds. The lowest BCUT2D eigenvalue weighted by atomic mass is 9.99. The molecule has 1 aliphatic carbocycles. The number of nitrogens with one attached hydrogen (secondary N) is 1. The largest absolute Gasteiger partial charge is 0.316 e. The van der Waals surface area contributed by atoms with Gasteiger partial charge in [0.1, 0.15) is 0 Å². The lowest BCUT2D eigenvalue weighted by Crippen LogP contribution is -2.03. The fourth-order valence-corrected chi connectivity index (χ4v) is 2.91. The standard InChI is InChI=1S/C9H13NOS/c11-10-6-8-5-7-3-1-2-4-9(7)12-8/h5,10-11H,1-4,6H2. The predicted molar refractivity (Wildman–Crippen MR) is 49.6 cm³/mol. The van der Waals surface area contributed by atoms with Crippen molar-refractivity contribution in [2.24, 2.45) is 0 Å². The molecule has 0 radical (unpaired) electrons. The Morgan fingerprint density at radius 3 is 3.00 bits per heavy atom. The summed E-state index contributed by atoms with van der Waals surface area (Å²) in [6.07, 6.45) is 5.14. The van der Waals surface area contributed by atoms with Gasteiger partial charge in [-0.1, -0.05) is 0 Å². The first kappa shape index (κ1) is 8.23. The first-order valence-electron chi connectivity index (χ1n) is 4.37. The van der Waals surface area contributed by atoms with Crippen LogP contribution in [0.2, 0.25) is 0 Å². The van der Waals surface area contributed by atoms with Crippen LogP contribution in [0.4, 0.5) is 0 Å². The van der Waals surface area contributed by atoms with Gasteiger partial charge in [-0.3, -0.25) is 0 Å². The highest BCUT2D eigenvalue weighted by Gasteiger charge is 2.12. The Morgan fingerprint density at radius 2 is 2.25 bits per heavy atom. The summed E-state index contributed by atoms with van der Waals surface area (Å²) in [6, 6.07) is 2.22. The Labute approximate surface area is 76.2 Å². The Bertz CT molecular complexity index is 246. The zero-order valence-corrected chi connectivity index (χ0v) is 7.78. The van der Waals surface area contributed by atoms with Crippen LogP contribution in [0.1, 0.15) is 28.2 Å². The van der Waals surface area contributed by atoms with E-state index in [0.29, 0.717) is 6.54 Å². The first-order chi connectivity index (χ1) is 5.90. The molecule has 0 bridgehead atoms. The molecule has 0 saturated heterocycles.